The highest BCUT2D eigenvalue weighted by molar-refractivity contribution is 9.10. The Balaban J connectivity index is 2.14. The number of rotatable bonds is 4. The highest BCUT2D eigenvalue weighted by atomic mass is 79.9. The number of benzene rings is 1. The maximum absolute atomic E-state index is 13.1. The summed E-state index contributed by atoms with van der Waals surface area (Å²) in [5.74, 6) is -0.325. The van der Waals surface area contributed by atoms with Gasteiger partial charge in [0.1, 0.15) is 10.7 Å². The van der Waals surface area contributed by atoms with Crippen molar-refractivity contribution in [1.29, 1.82) is 0 Å². The lowest BCUT2D eigenvalue weighted by Gasteiger charge is -2.23. The first-order chi connectivity index (χ1) is 9.40. The van der Waals surface area contributed by atoms with Gasteiger partial charge in [-0.25, -0.2) is 17.5 Å². The van der Waals surface area contributed by atoms with Gasteiger partial charge in [0.2, 0.25) is 10.0 Å². The minimum atomic E-state index is -3.76. The molecule has 1 fully saturated rings. The molecule has 0 spiro atoms. The van der Waals surface area contributed by atoms with Crippen molar-refractivity contribution in [2.45, 2.75) is 17.7 Å². The number of halogens is 3. The van der Waals surface area contributed by atoms with E-state index in [2.05, 4.69) is 26.0 Å². The predicted octanol–water partition coefficient (Wildman–Crippen LogP) is 2.52. The molecule has 0 aromatic heterocycles. The highest BCUT2D eigenvalue weighted by Crippen LogP contribution is 2.30. The zero-order valence-corrected chi connectivity index (χ0v) is 13.8. The third kappa shape index (κ3) is 3.92. The average molecular weight is 386 g/mol. The van der Waals surface area contributed by atoms with E-state index in [9.17, 15) is 12.8 Å². The van der Waals surface area contributed by atoms with E-state index in [1.165, 1.54) is 0 Å². The molecule has 0 bridgehead atoms. The third-order valence-corrected chi connectivity index (χ3v) is 6.01. The summed E-state index contributed by atoms with van der Waals surface area (Å²) in [6.07, 6.45) is 2.02. The monoisotopic (exact) mass is 384 g/mol. The first-order valence-electron chi connectivity index (χ1n) is 6.25. The van der Waals surface area contributed by atoms with Gasteiger partial charge in [-0.3, -0.25) is 0 Å². The van der Waals surface area contributed by atoms with Gasteiger partial charge in [0.25, 0.3) is 0 Å². The maximum Gasteiger partial charge on any atom is 0.243 e. The van der Waals surface area contributed by atoms with Crippen LogP contribution in [0.4, 0.5) is 4.39 Å². The van der Waals surface area contributed by atoms with Crippen molar-refractivity contribution >= 4 is 37.6 Å². The van der Waals surface area contributed by atoms with Crippen LogP contribution in [0.15, 0.2) is 21.5 Å². The summed E-state index contributed by atoms with van der Waals surface area (Å²) in [4.78, 5) is -0.121. The Hall–Kier alpha value is -0.210. The molecule has 0 amide bonds. The Bertz CT molecular complexity index is 568. The van der Waals surface area contributed by atoms with Crippen LogP contribution in [0.3, 0.4) is 0 Å². The Morgan fingerprint density at radius 1 is 1.50 bits per heavy atom. The van der Waals surface area contributed by atoms with E-state index < -0.39 is 15.8 Å². The molecule has 1 unspecified atom stereocenters. The molecule has 1 aromatic carbocycles. The van der Waals surface area contributed by atoms with Crippen LogP contribution in [0.1, 0.15) is 12.8 Å². The molecule has 1 aromatic rings. The van der Waals surface area contributed by atoms with Gasteiger partial charge in [-0.05, 0) is 59.9 Å². The van der Waals surface area contributed by atoms with E-state index in [-0.39, 0.29) is 20.3 Å². The molecule has 0 radical (unpaired) electrons. The van der Waals surface area contributed by atoms with Crippen molar-refractivity contribution in [3.8, 4) is 0 Å². The van der Waals surface area contributed by atoms with E-state index in [0.29, 0.717) is 6.54 Å². The molecule has 2 N–H and O–H groups in total. The molecular weight excluding hydrogens is 371 g/mol. The van der Waals surface area contributed by atoms with Crippen molar-refractivity contribution in [3.05, 3.63) is 27.4 Å². The molecule has 1 atom stereocenters. The van der Waals surface area contributed by atoms with E-state index >= 15 is 0 Å². The van der Waals surface area contributed by atoms with E-state index in [1.54, 1.807) is 0 Å². The van der Waals surface area contributed by atoms with Gasteiger partial charge in [-0.15, -0.1) is 0 Å². The fraction of sp³-hybridized carbons (Fsp3) is 0.500. The SMILES string of the molecule is O=S(=O)(NCC1CCCNC1)c1c(Cl)cc(F)cc1Br. The first-order valence-corrected chi connectivity index (χ1v) is 8.90. The summed E-state index contributed by atoms with van der Waals surface area (Å²) < 4.78 is 40.3. The summed E-state index contributed by atoms with van der Waals surface area (Å²) in [6, 6.07) is 2.08. The van der Waals surface area contributed by atoms with Gasteiger partial charge >= 0.3 is 0 Å². The van der Waals surface area contributed by atoms with Gasteiger partial charge in [0, 0.05) is 11.0 Å². The molecule has 20 heavy (non-hydrogen) atoms. The Labute approximate surface area is 131 Å². The number of sulfonamides is 1. The van der Waals surface area contributed by atoms with Crippen LogP contribution in [0.2, 0.25) is 5.02 Å². The van der Waals surface area contributed by atoms with Gasteiger partial charge in [0.15, 0.2) is 0 Å². The second-order valence-corrected chi connectivity index (χ2v) is 7.73. The fourth-order valence-electron chi connectivity index (χ4n) is 2.18. The average Bonchev–Trinajstić information content (AvgIpc) is 2.36. The summed E-state index contributed by atoms with van der Waals surface area (Å²) in [6.45, 7) is 2.11. The molecular formula is C12H15BrClFN2O2S. The third-order valence-electron chi connectivity index (χ3n) is 3.19. The van der Waals surface area contributed by atoms with Gasteiger partial charge in [-0.2, -0.15) is 0 Å². The topological polar surface area (TPSA) is 58.2 Å². The number of nitrogens with one attached hydrogen (secondary N) is 2. The van der Waals surface area contributed by atoms with Crippen molar-refractivity contribution in [2.24, 2.45) is 5.92 Å². The second-order valence-electron chi connectivity index (χ2n) is 4.76. The van der Waals surface area contributed by atoms with Crippen LogP contribution >= 0.6 is 27.5 Å². The zero-order chi connectivity index (χ0) is 14.8. The maximum atomic E-state index is 13.1. The normalized spacial score (nSPS) is 20.1. The molecule has 1 aliphatic heterocycles. The molecule has 112 valence electrons. The van der Waals surface area contributed by atoms with Crippen LogP contribution in [-0.4, -0.2) is 28.1 Å². The van der Waals surface area contributed by atoms with Crippen LogP contribution in [0.5, 0.6) is 0 Å². The number of hydrogen-bond donors (Lipinski definition) is 2. The van der Waals surface area contributed by atoms with Crippen molar-refractivity contribution < 1.29 is 12.8 Å². The quantitative estimate of drug-likeness (QED) is 0.837. The zero-order valence-electron chi connectivity index (χ0n) is 10.6. The molecule has 4 nitrogen and oxygen atoms in total. The molecule has 2 rings (SSSR count). The van der Waals surface area contributed by atoms with Crippen LogP contribution in [0.25, 0.3) is 0 Å². The van der Waals surface area contributed by atoms with Crippen LogP contribution in [-0.2, 0) is 10.0 Å². The number of piperidine rings is 1. The summed E-state index contributed by atoms with van der Waals surface area (Å²) in [5, 5.41) is 3.09. The van der Waals surface area contributed by atoms with Crippen LogP contribution in [0, 0.1) is 11.7 Å². The largest absolute Gasteiger partial charge is 0.316 e. The molecule has 1 heterocycles. The molecule has 8 heteroatoms. The Kier molecular flexibility index (Phi) is 5.42. The van der Waals surface area contributed by atoms with Crippen LogP contribution < -0.4 is 10.0 Å². The van der Waals surface area contributed by atoms with E-state index in [1.807, 2.05) is 0 Å². The Morgan fingerprint density at radius 3 is 2.85 bits per heavy atom. The fourth-order valence-corrected chi connectivity index (χ4v) is 5.11. The summed E-state index contributed by atoms with van der Waals surface area (Å²) >= 11 is 8.88. The van der Waals surface area contributed by atoms with E-state index in [0.717, 1.165) is 38.1 Å². The molecule has 0 aliphatic carbocycles. The van der Waals surface area contributed by atoms with Gasteiger partial charge < -0.3 is 5.32 Å². The smallest absolute Gasteiger partial charge is 0.243 e. The number of hydrogen-bond acceptors (Lipinski definition) is 3. The predicted molar refractivity (Wildman–Crippen MR) is 79.9 cm³/mol. The first kappa shape index (κ1) is 16.2. The highest BCUT2D eigenvalue weighted by Gasteiger charge is 2.24. The van der Waals surface area contributed by atoms with Crippen molar-refractivity contribution in [3.63, 3.8) is 0 Å². The minimum Gasteiger partial charge on any atom is -0.316 e. The molecule has 0 saturated carbocycles. The van der Waals surface area contributed by atoms with Gasteiger partial charge in [-0.1, -0.05) is 11.6 Å². The standard InChI is InChI=1S/C12H15BrClFN2O2S/c13-10-4-9(15)5-11(14)12(10)20(18,19)17-7-8-2-1-3-16-6-8/h4-5,8,16-17H,1-3,6-7H2. The summed E-state index contributed by atoms with van der Waals surface area (Å²) in [5.41, 5.74) is 0. The minimum absolute atomic E-state index is 0.121. The lowest BCUT2D eigenvalue weighted by atomic mass is 10.0. The van der Waals surface area contributed by atoms with Crippen molar-refractivity contribution in [1.82, 2.24) is 10.0 Å². The lowest BCUT2D eigenvalue weighted by Crippen LogP contribution is -2.38. The van der Waals surface area contributed by atoms with E-state index in [4.69, 9.17) is 11.6 Å². The molecule has 1 saturated heterocycles. The lowest BCUT2D eigenvalue weighted by molar-refractivity contribution is 0.376. The Morgan fingerprint density at radius 2 is 2.25 bits per heavy atom. The second kappa shape index (κ2) is 6.70. The summed E-state index contributed by atoms with van der Waals surface area (Å²) in [7, 11) is -3.76. The van der Waals surface area contributed by atoms with Crippen molar-refractivity contribution in [2.75, 3.05) is 19.6 Å². The van der Waals surface area contributed by atoms with Gasteiger partial charge in [0.05, 0.1) is 5.02 Å². The molecule has 1 aliphatic rings.